The van der Waals surface area contributed by atoms with Gasteiger partial charge in [-0.15, -0.1) is 0 Å². The van der Waals surface area contributed by atoms with Crippen LogP contribution in [0.4, 0.5) is 4.79 Å². The van der Waals surface area contributed by atoms with Crippen LogP contribution in [0.2, 0.25) is 0 Å². The summed E-state index contributed by atoms with van der Waals surface area (Å²) in [5.41, 5.74) is 1.22. The predicted molar refractivity (Wildman–Crippen MR) is 55.1 cm³/mol. The summed E-state index contributed by atoms with van der Waals surface area (Å²) in [6.45, 7) is 3.20. The van der Waals surface area contributed by atoms with Gasteiger partial charge in [0.2, 0.25) is 0 Å². The first-order valence-electron chi connectivity index (χ1n) is 4.44. The quantitative estimate of drug-likeness (QED) is 0.701. The van der Waals surface area contributed by atoms with E-state index in [0.717, 1.165) is 4.90 Å². The molecule has 0 bridgehead atoms. The molecule has 0 radical (unpaired) electrons. The lowest BCUT2D eigenvalue weighted by atomic mass is 10.2. The molecule has 3 nitrogen and oxygen atoms in total. The van der Waals surface area contributed by atoms with Gasteiger partial charge in [-0.1, -0.05) is 17.7 Å². The monoisotopic (exact) mass is 209 g/mol. The van der Waals surface area contributed by atoms with Crippen LogP contribution >= 0.6 is 11.9 Å². The highest BCUT2D eigenvalue weighted by Gasteiger charge is 2.22. The van der Waals surface area contributed by atoms with E-state index in [1.54, 1.807) is 4.31 Å². The largest absolute Gasteiger partial charge is 0.447 e. The first-order valence-corrected chi connectivity index (χ1v) is 5.22. The van der Waals surface area contributed by atoms with Crippen molar-refractivity contribution in [2.24, 2.45) is 0 Å². The second-order valence-electron chi connectivity index (χ2n) is 3.12. The van der Waals surface area contributed by atoms with Gasteiger partial charge in [0.15, 0.2) is 0 Å². The van der Waals surface area contributed by atoms with E-state index in [1.807, 2.05) is 31.2 Å². The lowest BCUT2D eigenvalue weighted by molar-refractivity contribution is 0.171. The van der Waals surface area contributed by atoms with Crippen molar-refractivity contribution in [1.82, 2.24) is 4.31 Å². The van der Waals surface area contributed by atoms with Crippen LogP contribution in [0.5, 0.6) is 0 Å². The van der Waals surface area contributed by atoms with Crippen LogP contribution in [-0.4, -0.2) is 23.6 Å². The van der Waals surface area contributed by atoms with E-state index in [-0.39, 0.29) is 6.09 Å². The topological polar surface area (TPSA) is 29.5 Å². The summed E-state index contributed by atoms with van der Waals surface area (Å²) in [4.78, 5) is 12.2. The van der Waals surface area contributed by atoms with Gasteiger partial charge in [0, 0.05) is 4.90 Å². The highest BCUT2D eigenvalue weighted by atomic mass is 32.2. The number of hydrogen-bond acceptors (Lipinski definition) is 3. The summed E-state index contributed by atoms with van der Waals surface area (Å²) in [7, 11) is 0. The zero-order valence-electron chi connectivity index (χ0n) is 7.90. The van der Waals surface area contributed by atoms with E-state index in [0.29, 0.717) is 13.2 Å². The molecule has 4 heteroatoms. The molecule has 0 saturated carbocycles. The minimum atomic E-state index is -0.240. The third kappa shape index (κ3) is 2.01. The van der Waals surface area contributed by atoms with E-state index in [9.17, 15) is 4.79 Å². The fraction of sp³-hybridized carbons (Fsp3) is 0.300. The molecule has 0 spiro atoms. The SMILES string of the molecule is Cc1ccc(SN2CCOC2=O)cc1. The van der Waals surface area contributed by atoms with E-state index >= 15 is 0 Å². The standard InChI is InChI=1S/C10H11NO2S/c1-8-2-4-9(5-3-8)14-11-6-7-13-10(11)12/h2-5H,6-7H2,1H3. The normalized spacial score (nSPS) is 15.8. The summed E-state index contributed by atoms with van der Waals surface area (Å²) in [5.74, 6) is 0. The van der Waals surface area contributed by atoms with Gasteiger partial charge in [-0.3, -0.25) is 0 Å². The van der Waals surface area contributed by atoms with Gasteiger partial charge in [-0.2, -0.15) is 0 Å². The van der Waals surface area contributed by atoms with Gasteiger partial charge >= 0.3 is 6.09 Å². The third-order valence-corrected chi connectivity index (χ3v) is 3.00. The number of carbonyl (C=O) groups is 1. The number of cyclic esters (lactones) is 1. The van der Waals surface area contributed by atoms with Crippen LogP contribution in [0, 0.1) is 6.92 Å². The Hall–Kier alpha value is -1.16. The number of aryl methyl sites for hydroxylation is 1. The molecule has 1 aliphatic heterocycles. The molecule has 1 saturated heterocycles. The van der Waals surface area contributed by atoms with Crippen LogP contribution in [0.1, 0.15) is 5.56 Å². The Bertz CT molecular complexity index is 336. The average molecular weight is 209 g/mol. The van der Waals surface area contributed by atoms with Crippen molar-refractivity contribution in [3.8, 4) is 0 Å². The Morgan fingerprint density at radius 3 is 2.64 bits per heavy atom. The van der Waals surface area contributed by atoms with Crippen molar-refractivity contribution < 1.29 is 9.53 Å². The Morgan fingerprint density at radius 1 is 1.36 bits per heavy atom. The summed E-state index contributed by atoms with van der Waals surface area (Å²) < 4.78 is 6.46. The smallest absolute Gasteiger partial charge is 0.420 e. The number of ether oxygens (including phenoxy) is 1. The molecule has 0 atom stereocenters. The van der Waals surface area contributed by atoms with Crippen molar-refractivity contribution in [3.63, 3.8) is 0 Å². The van der Waals surface area contributed by atoms with Crippen molar-refractivity contribution in [2.75, 3.05) is 13.2 Å². The maximum absolute atomic E-state index is 11.1. The highest BCUT2D eigenvalue weighted by Crippen LogP contribution is 2.25. The molecule has 2 rings (SSSR count). The molecule has 0 aliphatic carbocycles. The van der Waals surface area contributed by atoms with E-state index < -0.39 is 0 Å². The molecule has 1 aromatic carbocycles. The summed E-state index contributed by atoms with van der Waals surface area (Å²) in [6.07, 6.45) is -0.240. The molecule has 0 unspecified atom stereocenters. The third-order valence-electron chi connectivity index (χ3n) is 1.96. The Balaban J connectivity index is 2.03. The van der Waals surface area contributed by atoms with E-state index in [2.05, 4.69) is 0 Å². The molecule has 1 fully saturated rings. The maximum Gasteiger partial charge on any atom is 0.420 e. The summed E-state index contributed by atoms with van der Waals surface area (Å²) in [5, 5.41) is 0. The minimum Gasteiger partial charge on any atom is -0.447 e. The van der Waals surface area contributed by atoms with Gasteiger partial charge in [0.1, 0.15) is 6.61 Å². The molecule has 0 N–H and O–H groups in total. The predicted octanol–water partition coefficient (Wildman–Crippen LogP) is 2.45. The summed E-state index contributed by atoms with van der Waals surface area (Å²) in [6, 6.07) is 8.07. The van der Waals surface area contributed by atoms with E-state index in [1.165, 1.54) is 17.5 Å². The van der Waals surface area contributed by atoms with Crippen LogP contribution in [0.25, 0.3) is 0 Å². The number of rotatable bonds is 2. The molecular formula is C10H11NO2S. The van der Waals surface area contributed by atoms with Gasteiger partial charge in [-0.05, 0) is 31.0 Å². The molecule has 74 valence electrons. The second kappa shape index (κ2) is 3.92. The molecule has 1 heterocycles. The van der Waals surface area contributed by atoms with Crippen LogP contribution < -0.4 is 0 Å². The van der Waals surface area contributed by atoms with Crippen LogP contribution in [0.15, 0.2) is 29.2 Å². The van der Waals surface area contributed by atoms with Gasteiger partial charge in [0.05, 0.1) is 6.54 Å². The number of carbonyl (C=O) groups excluding carboxylic acids is 1. The van der Waals surface area contributed by atoms with Crippen molar-refractivity contribution in [2.45, 2.75) is 11.8 Å². The highest BCUT2D eigenvalue weighted by molar-refractivity contribution is 7.97. The average Bonchev–Trinajstić information content (AvgIpc) is 2.56. The van der Waals surface area contributed by atoms with Gasteiger partial charge < -0.3 is 4.74 Å². The fourth-order valence-corrected chi connectivity index (χ4v) is 1.99. The van der Waals surface area contributed by atoms with E-state index in [4.69, 9.17) is 4.74 Å². The zero-order chi connectivity index (χ0) is 9.97. The molecule has 1 aliphatic rings. The fourth-order valence-electron chi connectivity index (χ4n) is 1.19. The lowest BCUT2D eigenvalue weighted by Gasteiger charge is -2.10. The Kier molecular flexibility index (Phi) is 2.63. The maximum atomic E-state index is 11.1. The lowest BCUT2D eigenvalue weighted by Crippen LogP contribution is -2.14. The summed E-state index contributed by atoms with van der Waals surface area (Å²) >= 11 is 1.43. The zero-order valence-corrected chi connectivity index (χ0v) is 8.71. The van der Waals surface area contributed by atoms with Crippen molar-refractivity contribution >= 4 is 18.0 Å². The van der Waals surface area contributed by atoms with Crippen LogP contribution in [0.3, 0.4) is 0 Å². The first kappa shape index (κ1) is 9.40. The molecular weight excluding hydrogens is 198 g/mol. The number of hydrogen-bond donors (Lipinski definition) is 0. The minimum absolute atomic E-state index is 0.240. The van der Waals surface area contributed by atoms with Crippen molar-refractivity contribution in [3.05, 3.63) is 29.8 Å². The number of amides is 1. The molecule has 1 amide bonds. The van der Waals surface area contributed by atoms with Crippen molar-refractivity contribution in [1.29, 1.82) is 0 Å². The first-order chi connectivity index (χ1) is 6.75. The Morgan fingerprint density at radius 2 is 2.07 bits per heavy atom. The van der Waals surface area contributed by atoms with Gasteiger partial charge in [-0.25, -0.2) is 9.10 Å². The number of nitrogens with zero attached hydrogens (tertiary/aromatic N) is 1. The number of benzene rings is 1. The van der Waals surface area contributed by atoms with Gasteiger partial charge in [0.25, 0.3) is 0 Å². The molecule has 0 aromatic heterocycles. The second-order valence-corrected chi connectivity index (χ2v) is 4.22. The molecule has 14 heavy (non-hydrogen) atoms. The Labute approximate surface area is 87.2 Å². The van der Waals surface area contributed by atoms with Crippen LogP contribution in [-0.2, 0) is 4.74 Å². The molecule has 1 aromatic rings.